The van der Waals surface area contributed by atoms with E-state index in [9.17, 15) is 18.0 Å². The number of hydrogen-bond donors (Lipinski definition) is 0. The molecule has 2 saturated heterocycles. The van der Waals surface area contributed by atoms with E-state index in [0.29, 0.717) is 39.0 Å². The van der Waals surface area contributed by atoms with Gasteiger partial charge in [0.1, 0.15) is 0 Å². The Morgan fingerprint density at radius 2 is 1.61 bits per heavy atom. The lowest BCUT2D eigenvalue weighted by Gasteiger charge is -2.36. The van der Waals surface area contributed by atoms with Gasteiger partial charge in [0.15, 0.2) is 9.84 Å². The van der Waals surface area contributed by atoms with E-state index in [-0.39, 0.29) is 23.3 Å². The van der Waals surface area contributed by atoms with Gasteiger partial charge in [-0.05, 0) is 22.8 Å². The first-order chi connectivity index (χ1) is 13.4. The van der Waals surface area contributed by atoms with Crippen LogP contribution >= 0.6 is 0 Å². The Bertz CT molecular complexity index is 1000. The number of rotatable bonds is 3. The predicted octanol–water partition coefficient (Wildman–Crippen LogP) is 1.49. The zero-order valence-electron chi connectivity index (χ0n) is 15.7. The van der Waals surface area contributed by atoms with Gasteiger partial charge in [-0.1, -0.05) is 42.5 Å². The van der Waals surface area contributed by atoms with Crippen LogP contribution in [0.2, 0.25) is 0 Å². The second-order valence-electron chi connectivity index (χ2n) is 7.62. The Morgan fingerprint density at radius 1 is 0.929 bits per heavy atom. The first kappa shape index (κ1) is 18.9. The third-order valence-corrected chi connectivity index (χ3v) is 7.52. The highest BCUT2D eigenvalue weighted by atomic mass is 32.2. The van der Waals surface area contributed by atoms with E-state index in [4.69, 9.17) is 0 Å². The Kier molecular flexibility index (Phi) is 5.10. The van der Waals surface area contributed by atoms with Crippen molar-refractivity contribution in [3.05, 3.63) is 48.0 Å². The number of sulfone groups is 1. The molecule has 1 atom stereocenters. The highest BCUT2D eigenvalue weighted by Gasteiger charge is 2.36. The molecule has 0 aromatic heterocycles. The van der Waals surface area contributed by atoms with Gasteiger partial charge in [-0.2, -0.15) is 0 Å². The quantitative estimate of drug-likeness (QED) is 0.782. The molecule has 0 radical (unpaired) electrons. The Labute approximate surface area is 165 Å². The van der Waals surface area contributed by atoms with Crippen LogP contribution in [0, 0.1) is 5.92 Å². The molecule has 6 nitrogen and oxygen atoms in total. The minimum atomic E-state index is -3.07. The summed E-state index contributed by atoms with van der Waals surface area (Å²) in [5, 5.41) is 2.21. The van der Waals surface area contributed by atoms with Crippen molar-refractivity contribution in [1.29, 1.82) is 0 Å². The van der Waals surface area contributed by atoms with Crippen LogP contribution in [-0.4, -0.2) is 67.7 Å². The van der Waals surface area contributed by atoms with E-state index in [1.54, 1.807) is 9.80 Å². The lowest BCUT2D eigenvalue weighted by molar-refractivity contribution is -0.141. The molecule has 2 aromatic rings. The topological polar surface area (TPSA) is 74.8 Å². The zero-order valence-corrected chi connectivity index (χ0v) is 16.5. The molecule has 0 saturated carbocycles. The highest BCUT2D eigenvalue weighted by molar-refractivity contribution is 7.91. The number of nitrogens with zero attached hydrogens (tertiary/aromatic N) is 2. The van der Waals surface area contributed by atoms with Crippen LogP contribution < -0.4 is 0 Å². The molecule has 2 amide bonds. The molecule has 0 N–H and O–H groups in total. The molecule has 2 heterocycles. The maximum Gasteiger partial charge on any atom is 0.227 e. The van der Waals surface area contributed by atoms with Crippen LogP contribution in [0.15, 0.2) is 42.5 Å². The standard InChI is InChI=1S/C21H24N2O4S/c24-20(14-17-6-3-5-16-4-1-2-7-19(16)17)22-9-11-23(12-10-22)21(25)18-8-13-28(26,27)15-18/h1-7,18H,8-15H2. The largest absolute Gasteiger partial charge is 0.339 e. The van der Waals surface area contributed by atoms with Crippen LogP contribution in [0.25, 0.3) is 10.8 Å². The minimum absolute atomic E-state index is 0.0357. The smallest absolute Gasteiger partial charge is 0.227 e. The summed E-state index contributed by atoms with van der Waals surface area (Å²) in [4.78, 5) is 28.9. The average molecular weight is 401 g/mol. The van der Waals surface area contributed by atoms with Gasteiger partial charge in [-0.3, -0.25) is 9.59 Å². The molecule has 4 rings (SSSR count). The van der Waals surface area contributed by atoms with Crippen LogP contribution in [0.5, 0.6) is 0 Å². The third-order valence-electron chi connectivity index (χ3n) is 5.75. The van der Waals surface area contributed by atoms with E-state index in [1.807, 2.05) is 42.5 Å². The van der Waals surface area contributed by atoms with Crippen molar-refractivity contribution in [2.45, 2.75) is 12.8 Å². The summed E-state index contributed by atoms with van der Waals surface area (Å²) in [6.07, 6.45) is 0.761. The molecule has 0 aliphatic carbocycles. The maximum atomic E-state index is 12.8. The summed E-state index contributed by atoms with van der Waals surface area (Å²) in [6, 6.07) is 14.0. The number of fused-ring (bicyclic) bond motifs is 1. The van der Waals surface area contributed by atoms with Crippen molar-refractivity contribution >= 4 is 32.4 Å². The number of carbonyl (C=O) groups excluding carboxylic acids is 2. The van der Waals surface area contributed by atoms with Crippen LogP contribution in [0.4, 0.5) is 0 Å². The second-order valence-corrected chi connectivity index (χ2v) is 9.85. The van der Waals surface area contributed by atoms with E-state index >= 15 is 0 Å². The summed E-state index contributed by atoms with van der Waals surface area (Å²) < 4.78 is 23.2. The number of carbonyl (C=O) groups is 2. The number of piperazine rings is 1. The molecule has 0 spiro atoms. The van der Waals surface area contributed by atoms with Gasteiger partial charge in [0.2, 0.25) is 11.8 Å². The molecule has 1 unspecified atom stereocenters. The third kappa shape index (κ3) is 3.90. The number of benzene rings is 2. The van der Waals surface area contributed by atoms with Crippen molar-refractivity contribution in [2.24, 2.45) is 5.92 Å². The Balaban J connectivity index is 1.36. The van der Waals surface area contributed by atoms with E-state index in [2.05, 4.69) is 0 Å². The van der Waals surface area contributed by atoms with Crippen LogP contribution in [0.1, 0.15) is 12.0 Å². The fraction of sp³-hybridized carbons (Fsp3) is 0.429. The van der Waals surface area contributed by atoms with Crippen LogP contribution in [-0.2, 0) is 25.8 Å². The van der Waals surface area contributed by atoms with E-state index in [1.165, 1.54) is 0 Å². The minimum Gasteiger partial charge on any atom is -0.339 e. The molecular weight excluding hydrogens is 376 g/mol. The highest BCUT2D eigenvalue weighted by Crippen LogP contribution is 2.22. The predicted molar refractivity (Wildman–Crippen MR) is 108 cm³/mol. The molecule has 2 fully saturated rings. The van der Waals surface area contributed by atoms with E-state index in [0.717, 1.165) is 16.3 Å². The summed E-state index contributed by atoms with van der Waals surface area (Å²) in [5.41, 5.74) is 1.01. The first-order valence-electron chi connectivity index (χ1n) is 9.66. The lowest BCUT2D eigenvalue weighted by Crippen LogP contribution is -2.52. The zero-order chi connectivity index (χ0) is 19.7. The Morgan fingerprint density at radius 3 is 2.32 bits per heavy atom. The SMILES string of the molecule is O=C(Cc1cccc2ccccc12)N1CCN(C(=O)C2CCS(=O)(=O)C2)CC1. The lowest BCUT2D eigenvalue weighted by atomic mass is 10.0. The van der Waals surface area contributed by atoms with Gasteiger partial charge in [-0.25, -0.2) is 8.42 Å². The molecule has 7 heteroatoms. The van der Waals surface area contributed by atoms with Gasteiger partial charge in [-0.15, -0.1) is 0 Å². The van der Waals surface area contributed by atoms with Gasteiger partial charge in [0, 0.05) is 26.2 Å². The molecule has 0 bridgehead atoms. The van der Waals surface area contributed by atoms with E-state index < -0.39 is 15.8 Å². The van der Waals surface area contributed by atoms with Crippen molar-refractivity contribution in [2.75, 3.05) is 37.7 Å². The summed E-state index contributed by atoms with van der Waals surface area (Å²) in [6.45, 7) is 1.93. The monoisotopic (exact) mass is 400 g/mol. The molecule has 148 valence electrons. The molecular formula is C21H24N2O4S. The normalized spacial score (nSPS) is 21.8. The summed E-state index contributed by atoms with van der Waals surface area (Å²) in [7, 11) is -3.07. The van der Waals surface area contributed by atoms with Crippen molar-refractivity contribution in [3.63, 3.8) is 0 Å². The van der Waals surface area contributed by atoms with Gasteiger partial charge in [0.25, 0.3) is 0 Å². The molecule has 2 aromatic carbocycles. The fourth-order valence-electron chi connectivity index (χ4n) is 4.15. The van der Waals surface area contributed by atoms with Crippen molar-refractivity contribution in [3.8, 4) is 0 Å². The fourth-order valence-corrected chi connectivity index (χ4v) is 5.88. The number of amides is 2. The van der Waals surface area contributed by atoms with Gasteiger partial charge in [0.05, 0.1) is 23.8 Å². The average Bonchev–Trinajstić information content (AvgIpc) is 3.07. The van der Waals surface area contributed by atoms with Crippen molar-refractivity contribution in [1.82, 2.24) is 9.80 Å². The number of hydrogen-bond acceptors (Lipinski definition) is 4. The molecule has 28 heavy (non-hydrogen) atoms. The molecule has 2 aliphatic heterocycles. The van der Waals surface area contributed by atoms with Gasteiger partial charge < -0.3 is 9.80 Å². The van der Waals surface area contributed by atoms with Crippen molar-refractivity contribution < 1.29 is 18.0 Å². The van der Waals surface area contributed by atoms with Crippen LogP contribution in [0.3, 0.4) is 0 Å². The maximum absolute atomic E-state index is 12.8. The first-order valence-corrected chi connectivity index (χ1v) is 11.5. The van der Waals surface area contributed by atoms with Gasteiger partial charge >= 0.3 is 0 Å². The summed E-state index contributed by atoms with van der Waals surface area (Å²) in [5.74, 6) is -0.365. The Hall–Kier alpha value is -2.41. The second kappa shape index (κ2) is 7.54. The summed E-state index contributed by atoms with van der Waals surface area (Å²) >= 11 is 0. The molecule has 2 aliphatic rings.